The van der Waals surface area contributed by atoms with Gasteiger partial charge in [-0.3, -0.25) is 4.99 Å². The van der Waals surface area contributed by atoms with Crippen LogP contribution in [0.3, 0.4) is 0 Å². The molecule has 1 aromatic carbocycles. The maximum atomic E-state index is 5.64. The number of guanidine groups is 1. The summed E-state index contributed by atoms with van der Waals surface area (Å²) in [5, 5.41) is 6.58. The molecule has 0 saturated heterocycles. The molecule has 1 aromatic heterocycles. The Morgan fingerprint density at radius 1 is 1.09 bits per heavy atom. The molecule has 0 bridgehead atoms. The van der Waals surface area contributed by atoms with Gasteiger partial charge in [0.2, 0.25) is 0 Å². The number of nitrogens with one attached hydrogen (secondary N) is 2. The first-order valence-electron chi connectivity index (χ1n) is 8.13. The van der Waals surface area contributed by atoms with Crippen molar-refractivity contribution >= 4 is 5.96 Å². The van der Waals surface area contributed by atoms with E-state index in [1.807, 2.05) is 30.3 Å². The number of hydrogen-bond donors (Lipinski definition) is 2. The summed E-state index contributed by atoms with van der Waals surface area (Å²) >= 11 is 0. The van der Waals surface area contributed by atoms with Crippen LogP contribution in [0.4, 0.5) is 0 Å². The number of nitrogens with zero attached hydrogens (tertiary/aromatic N) is 2. The predicted octanol–water partition coefficient (Wildman–Crippen LogP) is 2.26. The molecule has 0 atom stereocenters. The van der Waals surface area contributed by atoms with Gasteiger partial charge in [0.15, 0.2) is 5.96 Å². The van der Waals surface area contributed by atoms with Crippen molar-refractivity contribution in [1.82, 2.24) is 15.2 Å². The molecule has 124 valence electrons. The first-order chi connectivity index (χ1) is 11.4. The molecule has 0 unspecified atom stereocenters. The second-order valence-corrected chi connectivity index (χ2v) is 5.15. The molecule has 0 spiro atoms. The largest absolute Gasteiger partial charge is 0.375 e. The average Bonchev–Trinajstić information content (AvgIpc) is 3.09. The maximum Gasteiger partial charge on any atom is 0.191 e. The SMILES string of the molecule is CCNC(=NCCOCc1ccccc1)NCCn1cccc1. The van der Waals surface area contributed by atoms with Gasteiger partial charge in [-0.15, -0.1) is 0 Å². The highest BCUT2D eigenvalue weighted by Crippen LogP contribution is 1.99. The van der Waals surface area contributed by atoms with E-state index in [-0.39, 0.29) is 0 Å². The van der Waals surface area contributed by atoms with Crippen molar-refractivity contribution in [3.8, 4) is 0 Å². The molecule has 0 aliphatic carbocycles. The topological polar surface area (TPSA) is 50.6 Å². The Bertz CT molecular complexity index is 552. The fourth-order valence-electron chi connectivity index (χ4n) is 2.15. The quantitative estimate of drug-likeness (QED) is 0.424. The van der Waals surface area contributed by atoms with Crippen LogP contribution in [0, 0.1) is 0 Å². The third kappa shape index (κ3) is 7.02. The van der Waals surface area contributed by atoms with Crippen LogP contribution in [0.1, 0.15) is 12.5 Å². The minimum absolute atomic E-state index is 0.614. The summed E-state index contributed by atoms with van der Waals surface area (Å²) in [4.78, 5) is 4.52. The van der Waals surface area contributed by atoms with Crippen LogP contribution in [0.25, 0.3) is 0 Å². The average molecular weight is 314 g/mol. The van der Waals surface area contributed by atoms with Crippen molar-refractivity contribution in [3.63, 3.8) is 0 Å². The molecule has 5 nitrogen and oxygen atoms in total. The van der Waals surface area contributed by atoms with Crippen LogP contribution in [0.2, 0.25) is 0 Å². The Labute approximate surface area is 138 Å². The zero-order chi connectivity index (χ0) is 16.2. The second kappa shape index (κ2) is 10.5. The van der Waals surface area contributed by atoms with E-state index >= 15 is 0 Å². The molecule has 0 saturated carbocycles. The summed E-state index contributed by atoms with van der Waals surface area (Å²) in [7, 11) is 0. The number of ether oxygens (including phenoxy) is 1. The summed E-state index contributed by atoms with van der Waals surface area (Å²) in [6.45, 7) is 6.56. The highest BCUT2D eigenvalue weighted by atomic mass is 16.5. The van der Waals surface area contributed by atoms with Gasteiger partial charge in [-0.1, -0.05) is 30.3 Å². The van der Waals surface area contributed by atoms with Gasteiger partial charge in [0.25, 0.3) is 0 Å². The number of benzene rings is 1. The summed E-state index contributed by atoms with van der Waals surface area (Å²) < 4.78 is 7.78. The van der Waals surface area contributed by atoms with Gasteiger partial charge in [0.05, 0.1) is 19.8 Å². The van der Waals surface area contributed by atoms with Gasteiger partial charge in [-0.25, -0.2) is 0 Å². The minimum Gasteiger partial charge on any atom is -0.375 e. The van der Waals surface area contributed by atoms with Crippen LogP contribution >= 0.6 is 0 Å². The molecule has 2 rings (SSSR count). The normalized spacial score (nSPS) is 11.4. The van der Waals surface area contributed by atoms with E-state index in [0.717, 1.165) is 25.6 Å². The van der Waals surface area contributed by atoms with Crippen molar-refractivity contribution in [1.29, 1.82) is 0 Å². The fourth-order valence-corrected chi connectivity index (χ4v) is 2.15. The summed E-state index contributed by atoms with van der Waals surface area (Å²) in [6, 6.07) is 14.2. The molecule has 0 aliphatic heterocycles. The summed E-state index contributed by atoms with van der Waals surface area (Å²) in [5.74, 6) is 0.836. The first kappa shape index (κ1) is 17.1. The van der Waals surface area contributed by atoms with Gasteiger partial charge in [0.1, 0.15) is 0 Å². The fraction of sp³-hybridized carbons (Fsp3) is 0.389. The number of aromatic nitrogens is 1. The predicted molar refractivity (Wildman–Crippen MR) is 94.5 cm³/mol. The van der Waals surface area contributed by atoms with Crippen molar-refractivity contribution < 1.29 is 4.74 Å². The first-order valence-corrected chi connectivity index (χ1v) is 8.13. The monoisotopic (exact) mass is 314 g/mol. The van der Waals surface area contributed by atoms with Crippen LogP contribution < -0.4 is 10.6 Å². The molecule has 1 heterocycles. The van der Waals surface area contributed by atoms with E-state index in [2.05, 4.69) is 51.6 Å². The Balaban J connectivity index is 1.64. The Hall–Kier alpha value is -2.27. The van der Waals surface area contributed by atoms with Gasteiger partial charge in [-0.2, -0.15) is 0 Å². The van der Waals surface area contributed by atoms with Crippen molar-refractivity contribution in [2.75, 3.05) is 26.2 Å². The van der Waals surface area contributed by atoms with Crippen molar-refractivity contribution in [2.24, 2.45) is 4.99 Å². The van der Waals surface area contributed by atoms with Crippen LogP contribution in [-0.4, -0.2) is 36.8 Å². The molecule has 0 fully saturated rings. The molecule has 23 heavy (non-hydrogen) atoms. The molecule has 5 heteroatoms. The highest BCUT2D eigenvalue weighted by Gasteiger charge is 1.97. The highest BCUT2D eigenvalue weighted by molar-refractivity contribution is 5.79. The van der Waals surface area contributed by atoms with Crippen LogP contribution in [0.15, 0.2) is 59.9 Å². The minimum atomic E-state index is 0.614. The molecule has 2 aromatic rings. The lowest BCUT2D eigenvalue weighted by atomic mass is 10.2. The number of rotatable bonds is 9. The van der Waals surface area contributed by atoms with E-state index in [1.54, 1.807) is 0 Å². The number of aliphatic imine (C=N–C) groups is 1. The van der Waals surface area contributed by atoms with Crippen molar-refractivity contribution in [2.45, 2.75) is 20.1 Å². The Morgan fingerprint density at radius 2 is 1.87 bits per heavy atom. The van der Waals surface area contributed by atoms with E-state index in [0.29, 0.717) is 19.8 Å². The van der Waals surface area contributed by atoms with Gasteiger partial charge < -0.3 is 19.9 Å². The Morgan fingerprint density at radius 3 is 2.61 bits per heavy atom. The molecule has 2 N–H and O–H groups in total. The lowest BCUT2D eigenvalue weighted by molar-refractivity contribution is 0.128. The third-order valence-corrected chi connectivity index (χ3v) is 3.29. The van der Waals surface area contributed by atoms with E-state index in [1.165, 1.54) is 5.56 Å². The molecular weight excluding hydrogens is 288 g/mol. The van der Waals surface area contributed by atoms with Gasteiger partial charge in [0, 0.05) is 32.0 Å². The smallest absolute Gasteiger partial charge is 0.191 e. The molecule has 0 amide bonds. The van der Waals surface area contributed by atoms with E-state index in [9.17, 15) is 0 Å². The van der Waals surface area contributed by atoms with Crippen LogP contribution in [-0.2, 0) is 17.9 Å². The standard InChI is InChI=1S/C18H26N4O/c1-2-19-18(20-10-14-22-12-6-7-13-22)21-11-15-23-16-17-8-4-3-5-9-17/h3-9,12-13H,2,10-11,14-16H2,1H3,(H2,19,20,21). The van der Waals surface area contributed by atoms with Crippen LogP contribution in [0.5, 0.6) is 0 Å². The lowest BCUT2D eigenvalue weighted by Gasteiger charge is -2.11. The summed E-state index contributed by atoms with van der Waals surface area (Å²) in [6.07, 6.45) is 4.12. The van der Waals surface area contributed by atoms with E-state index < -0.39 is 0 Å². The Kier molecular flexibility index (Phi) is 7.77. The van der Waals surface area contributed by atoms with E-state index in [4.69, 9.17) is 4.74 Å². The molecule has 0 aliphatic rings. The maximum absolute atomic E-state index is 5.64. The lowest BCUT2D eigenvalue weighted by Crippen LogP contribution is -2.39. The molecule has 0 radical (unpaired) electrons. The summed E-state index contributed by atoms with van der Waals surface area (Å²) in [5.41, 5.74) is 1.19. The van der Waals surface area contributed by atoms with Gasteiger partial charge in [-0.05, 0) is 24.6 Å². The molecular formula is C18H26N4O. The second-order valence-electron chi connectivity index (χ2n) is 5.15. The zero-order valence-corrected chi connectivity index (χ0v) is 13.7. The van der Waals surface area contributed by atoms with Crippen molar-refractivity contribution in [3.05, 3.63) is 60.4 Å². The number of hydrogen-bond acceptors (Lipinski definition) is 2. The zero-order valence-electron chi connectivity index (χ0n) is 13.7. The van der Waals surface area contributed by atoms with Gasteiger partial charge >= 0.3 is 0 Å². The third-order valence-electron chi connectivity index (χ3n) is 3.29.